The van der Waals surface area contributed by atoms with Crippen LogP contribution in [-0.2, 0) is 0 Å². The number of rotatable bonds is 3. The summed E-state index contributed by atoms with van der Waals surface area (Å²) < 4.78 is 0. The minimum atomic E-state index is -1.38. The fraction of sp³-hybridized carbons (Fsp3) is 0.600. The second-order valence-corrected chi connectivity index (χ2v) is 6.91. The predicted octanol–water partition coefficient (Wildman–Crippen LogP) is 0.692. The Bertz CT molecular complexity index is 588. The molecule has 2 heterocycles. The van der Waals surface area contributed by atoms with E-state index in [2.05, 4.69) is 0 Å². The third kappa shape index (κ3) is 2.21. The molecule has 0 aromatic heterocycles. The third-order valence-corrected chi connectivity index (χ3v) is 5.11. The molecule has 0 aliphatic carbocycles. The van der Waals surface area contributed by atoms with Gasteiger partial charge in [0.1, 0.15) is 5.92 Å². The summed E-state index contributed by atoms with van der Waals surface area (Å²) in [6.45, 7) is 0.831. The maximum atomic E-state index is 12.1. The number of piperidine rings is 2. The van der Waals surface area contributed by atoms with Crippen LogP contribution in [0.15, 0.2) is 30.3 Å². The first-order valence-corrected chi connectivity index (χ1v) is 7.53. The molecule has 8 heteroatoms. The van der Waals surface area contributed by atoms with Gasteiger partial charge in [-0.25, -0.2) is 0 Å². The van der Waals surface area contributed by atoms with Gasteiger partial charge < -0.3 is 0 Å². The molecule has 2 aliphatic rings. The van der Waals surface area contributed by atoms with Crippen molar-refractivity contribution in [2.24, 2.45) is 0 Å². The second-order valence-electron chi connectivity index (χ2n) is 6.91. The lowest BCUT2D eigenvalue weighted by molar-refractivity contribution is -0.641. The van der Waals surface area contributed by atoms with Crippen LogP contribution in [0.1, 0.15) is 11.5 Å². The van der Waals surface area contributed by atoms with Crippen LogP contribution in [0.5, 0.6) is 0 Å². The van der Waals surface area contributed by atoms with Crippen LogP contribution in [0.2, 0.25) is 0 Å². The lowest BCUT2D eigenvalue weighted by atomic mass is 9.62. The second kappa shape index (κ2) is 5.24. The highest BCUT2D eigenvalue weighted by molar-refractivity contribution is 5.31. The normalized spacial score (nSPS) is 35.0. The summed E-state index contributed by atoms with van der Waals surface area (Å²) in [6, 6.07) is 8.94. The Balaban J connectivity index is 2.25. The lowest BCUT2D eigenvalue weighted by Crippen LogP contribution is -2.78. The molecule has 0 saturated carbocycles. The molecule has 2 aliphatic heterocycles. The first-order chi connectivity index (χ1) is 10.8. The summed E-state index contributed by atoms with van der Waals surface area (Å²) in [5.74, 6) is -0.742. The smallest absolute Gasteiger partial charge is 0.260 e. The Labute approximate surface area is 134 Å². The van der Waals surface area contributed by atoms with Gasteiger partial charge in [-0.2, -0.15) is 0 Å². The van der Waals surface area contributed by atoms with E-state index in [0.29, 0.717) is 5.56 Å². The molecule has 124 valence electrons. The molecule has 23 heavy (non-hydrogen) atoms. The molecule has 0 N–H and O–H groups in total. The summed E-state index contributed by atoms with van der Waals surface area (Å²) in [7, 11) is 3.45. The number of likely N-dealkylation sites (tertiary alicyclic amines) is 2. The van der Waals surface area contributed by atoms with Crippen LogP contribution in [0.3, 0.4) is 0 Å². The highest BCUT2D eigenvalue weighted by Gasteiger charge is 2.73. The van der Waals surface area contributed by atoms with Crippen molar-refractivity contribution in [1.29, 1.82) is 0 Å². The molecule has 2 saturated heterocycles. The Morgan fingerprint density at radius 2 is 1.30 bits per heavy atom. The van der Waals surface area contributed by atoms with Gasteiger partial charge in [-0.3, -0.25) is 30.0 Å². The third-order valence-electron chi connectivity index (χ3n) is 5.11. The number of nitro groups is 2. The molecule has 2 bridgehead atoms. The molecule has 8 nitrogen and oxygen atoms in total. The van der Waals surface area contributed by atoms with Gasteiger partial charge in [0.15, 0.2) is 0 Å². The largest absolute Gasteiger partial charge is 0.293 e. The van der Waals surface area contributed by atoms with Gasteiger partial charge in [-0.05, 0) is 19.7 Å². The number of nitrogens with zero attached hydrogens (tertiary/aromatic N) is 4. The zero-order chi connectivity index (χ0) is 16.8. The van der Waals surface area contributed by atoms with E-state index in [1.54, 1.807) is 48.2 Å². The first-order valence-electron chi connectivity index (χ1n) is 7.53. The van der Waals surface area contributed by atoms with Crippen LogP contribution < -0.4 is 0 Å². The molecule has 1 aromatic carbocycles. The van der Waals surface area contributed by atoms with Crippen LogP contribution in [0.25, 0.3) is 0 Å². The molecule has 0 atom stereocenters. The number of hydrogen-bond acceptors (Lipinski definition) is 6. The fourth-order valence-electron chi connectivity index (χ4n) is 4.65. The summed E-state index contributed by atoms with van der Waals surface area (Å²) in [6.07, 6.45) is 0. The standard InChI is InChI=1S/C15H20N4O4/c1-16-8-14(18(20)21)10-17(2)11-15(9-16,19(22)23)13(14)12-6-4-3-5-7-12/h3-7,13H,8-11H2,1-2H3. The topological polar surface area (TPSA) is 92.8 Å². The molecule has 1 aromatic rings. The minimum Gasteiger partial charge on any atom is -0.293 e. The number of hydrogen-bond donors (Lipinski definition) is 0. The summed E-state index contributed by atoms with van der Waals surface area (Å²) in [5.41, 5.74) is -2.08. The molecular formula is C15H20N4O4. The van der Waals surface area contributed by atoms with E-state index in [0.717, 1.165) is 0 Å². The van der Waals surface area contributed by atoms with E-state index in [9.17, 15) is 20.2 Å². The van der Waals surface area contributed by atoms with Crippen molar-refractivity contribution in [3.05, 3.63) is 56.1 Å². The zero-order valence-electron chi connectivity index (χ0n) is 13.2. The molecule has 0 amide bonds. The number of likely N-dealkylation sites (N-methyl/N-ethyl adjacent to an activating group) is 2. The Hall–Kier alpha value is -2.06. The van der Waals surface area contributed by atoms with Crippen LogP contribution in [-0.4, -0.2) is 71.0 Å². The first kappa shape index (κ1) is 15.8. The maximum absolute atomic E-state index is 12.1. The van der Waals surface area contributed by atoms with Gasteiger partial charge in [0.05, 0.1) is 26.2 Å². The van der Waals surface area contributed by atoms with E-state index < -0.39 is 17.0 Å². The van der Waals surface area contributed by atoms with E-state index in [1.165, 1.54) is 0 Å². The highest BCUT2D eigenvalue weighted by atomic mass is 16.6. The summed E-state index contributed by atoms with van der Waals surface area (Å²) in [5, 5.41) is 24.1. The number of fused-ring (bicyclic) bond motifs is 2. The van der Waals surface area contributed by atoms with Crippen molar-refractivity contribution in [3.63, 3.8) is 0 Å². The average Bonchev–Trinajstić information content (AvgIpc) is 2.46. The Kier molecular flexibility index (Phi) is 3.61. The summed E-state index contributed by atoms with van der Waals surface area (Å²) >= 11 is 0. The average molecular weight is 320 g/mol. The van der Waals surface area contributed by atoms with E-state index in [-0.39, 0.29) is 36.0 Å². The van der Waals surface area contributed by atoms with Gasteiger partial charge in [0.25, 0.3) is 11.1 Å². The molecule has 2 fully saturated rings. The highest BCUT2D eigenvalue weighted by Crippen LogP contribution is 2.49. The van der Waals surface area contributed by atoms with E-state index >= 15 is 0 Å². The Morgan fingerprint density at radius 1 is 0.913 bits per heavy atom. The van der Waals surface area contributed by atoms with Gasteiger partial charge >= 0.3 is 0 Å². The predicted molar refractivity (Wildman–Crippen MR) is 83.6 cm³/mol. The van der Waals surface area contributed by atoms with Gasteiger partial charge in [-0.1, -0.05) is 30.3 Å². The van der Waals surface area contributed by atoms with Gasteiger partial charge in [0, 0.05) is 9.85 Å². The molecular weight excluding hydrogens is 300 g/mol. The quantitative estimate of drug-likeness (QED) is 0.601. The number of benzene rings is 1. The van der Waals surface area contributed by atoms with E-state index in [1.807, 2.05) is 6.07 Å². The van der Waals surface area contributed by atoms with Crippen molar-refractivity contribution in [2.45, 2.75) is 17.0 Å². The SMILES string of the molecule is CN1CC2([N+](=O)[O-])CN(C)CC([N+](=O)[O-])(C1)C2c1ccccc1. The molecule has 3 rings (SSSR count). The van der Waals surface area contributed by atoms with Crippen molar-refractivity contribution >= 4 is 0 Å². The van der Waals surface area contributed by atoms with Crippen molar-refractivity contribution in [2.75, 3.05) is 40.3 Å². The molecule has 0 unspecified atom stereocenters. The van der Waals surface area contributed by atoms with Crippen molar-refractivity contribution in [1.82, 2.24) is 9.80 Å². The fourth-order valence-corrected chi connectivity index (χ4v) is 4.65. The van der Waals surface area contributed by atoms with Crippen LogP contribution in [0, 0.1) is 20.2 Å². The van der Waals surface area contributed by atoms with Crippen LogP contribution in [0.4, 0.5) is 0 Å². The van der Waals surface area contributed by atoms with Gasteiger partial charge in [-0.15, -0.1) is 0 Å². The lowest BCUT2D eigenvalue weighted by Gasteiger charge is -2.53. The Morgan fingerprint density at radius 3 is 1.65 bits per heavy atom. The molecule has 0 spiro atoms. The van der Waals surface area contributed by atoms with Gasteiger partial charge in [0.2, 0.25) is 0 Å². The minimum absolute atomic E-state index is 0.208. The molecule has 0 radical (unpaired) electrons. The summed E-state index contributed by atoms with van der Waals surface area (Å²) in [4.78, 5) is 27.0. The van der Waals surface area contributed by atoms with Crippen molar-refractivity contribution in [3.8, 4) is 0 Å². The maximum Gasteiger partial charge on any atom is 0.260 e. The monoisotopic (exact) mass is 320 g/mol. The van der Waals surface area contributed by atoms with E-state index in [4.69, 9.17) is 0 Å². The van der Waals surface area contributed by atoms with Crippen LogP contribution >= 0.6 is 0 Å². The zero-order valence-corrected chi connectivity index (χ0v) is 13.2. The van der Waals surface area contributed by atoms with Crippen molar-refractivity contribution < 1.29 is 9.85 Å².